The lowest BCUT2D eigenvalue weighted by atomic mass is 10.2. The first-order valence-electron chi connectivity index (χ1n) is 5.84. The van der Waals surface area contributed by atoms with Crippen LogP contribution in [0.3, 0.4) is 0 Å². The molecule has 1 aromatic carbocycles. The van der Waals surface area contributed by atoms with Crippen molar-refractivity contribution in [3.05, 3.63) is 51.7 Å². The monoisotopic (exact) mass is 260 g/mol. The minimum Gasteiger partial charge on any atom is -0.487 e. The van der Waals surface area contributed by atoms with Gasteiger partial charge in [0.2, 0.25) is 0 Å². The lowest BCUT2D eigenvalue weighted by Gasteiger charge is -2.09. The maximum absolute atomic E-state index is 7.49. The molecule has 2 rings (SSSR count). The molecular weight excluding hydrogens is 244 g/mol. The molecule has 94 valence electrons. The molecule has 0 fully saturated rings. The summed E-state index contributed by atoms with van der Waals surface area (Å²) in [5.74, 6) is 0.697. The van der Waals surface area contributed by atoms with E-state index in [1.807, 2.05) is 18.2 Å². The first-order chi connectivity index (χ1) is 8.70. The fraction of sp³-hybridized carbons (Fsp3) is 0.214. The number of nitrogen functional groups attached to an aromatic ring is 1. The first-order valence-corrected chi connectivity index (χ1v) is 6.66. The van der Waals surface area contributed by atoms with Crippen LogP contribution in [-0.2, 0) is 13.0 Å². The summed E-state index contributed by atoms with van der Waals surface area (Å²) >= 11 is 1.76. The highest BCUT2D eigenvalue weighted by atomic mass is 32.1. The topological polar surface area (TPSA) is 59.1 Å². The van der Waals surface area contributed by atoms with Crippen molar-refractivity contribution >= 4 is 17.2 Å². The maximum atomic E-state index is 7.49. The van der Waals surface area contributed by atoms with Crippen LogP contribution in [0.2, 0.25) is 0 Å². The van der Waals surface area contributed by atoms with Crippen LogP contribution in [0.15, 0.2) is 36.4 Å². The number of para-hydroxylation sites is 1. The SMILES string of the molecule is CCc1ccc(COc2ccccc2C(=N)N)s1. The highest BCUT2D eigenvalue weighted by molar-refractivity contribution is 7.11. The molecule has 0 bridgehead atoms. The zero-order valence-electron chi connectivity index (χ0n) is 10.3. The van der Waals surface area contributed by atoms with Crippen LogP contribution < -0.4 is 10.5 Å². The summed E-state index contributed by atoms with van der Waals surface area (Å²) in [6, 6.07) is 11.6. The molecule has 0 spiro atoms. The van der Waals surface area contributed by atoms with Gasteiger partial charge in [0.1, 0.15) is 18.2 Å². The van der Waals surface area contributed by atoms with E-state index in [1.54, 1.807) is 17.4 Å². The second-order valence-corrected chi connectivity index (χ2v) is 5.17. The Morgan fingerprint density at radius 1 is 1.22 bits per heavy atom. The van der Waals surface area contributed by atoms with E-state index in [-0.39, 0.29) is 5.84 Å². The Kier molecular flexibility index (Phi) is 3.99. The van der Waals surface area contributed by atoms with Gasteiger partial charge < -0.3 is 10.5 Å². The predicted molar refractivity (Wildman–Crippen MR) is 75.5 cm³/mol. The van der Waals surface area contributed by atoms with Gasteiger partial charge in [-0.05, 0) is 30.7 Å². The Bertz CT molecular complexity index is 548. The van der Waals surface area contributed by atoms with Crippen molar-refractivity contribution in [2.45, 2.75) is 20.0 Å². The number of aryl methyl sites for hydroxylation is 1. The van der Waals surface area contributed by atoms with Crippen LogP contribution in [0.25, 0.3) is 0 Å². The smallest absolute Gasteiger partial charge is 0.130 e. The molecule has 0 aliphatic carbocycles. The quantitative estimate of drug-likeness (QED) is 0.640. The lowest BCUT2D eigenvalue weighted by molar-refractivity contribution is 0.309. The van der Waals surface area contributed by atoms with Gasteiger partial charge in [-0.15, -0.1) is 11.3 Å². The molecule has 0 unspecified atom stereocenters. The van der Waals surface area contributed by atoms with E-state index in [4.69, 9.17) is 15.9 Å². The molecule has 18 heavy (non-hydrogen) atoms. The van der Waals surface area contributed by atoms with Crippen LogP contribution in [0.4, 0.5) is 0 Å². The number of nitrogens with two attached hydrogens (primary N) is 1. The van der Waals surface area contributed by atoms with Gasteiger partial charge in [-0.25, -0.2) is 0 Å². The van der Waals surface area contributed by atoms with Crippen molar-refractivity contribution in [3.63, 3.8) is 0 Å². The third-order valence-corrected chi connectivity index (χ3v) is 3.82. The summed E-state index contributed by atoms with van der Waals surface area (Å²) in [7, 11) is 0. The summed E-state index contributed by atoms with van der Waals surface area (Å²) in [4.78, 5) is 2.54. The van der Waals surface area contributed by atoms with Crippen LogP contribution in [0, 0.1) is 5.41 Å². The zero-order valence-corrected chi connectivity index (χ0v) is 11.1. The standard InChI is InChI=1S/C14H16N2OS/c1-2-10-7-8-11(18-10)9-17-13-6-4-3-5-12(13)14(15)16/h3-8H,2,9H2,1H3,(H3,15,16). The largest absolute Gasteiger partial charge is 0.487 e. The van der Waals surface area contributed by atoms with Crippen LogP contribution in [0.1, 0.15) is 22.2 Å². The number of hydrogen-bond acceptors (Lipinski definition) is 3. The molecule has 0 atom stereocenters. The molecule has 3 N–H and O–H groups in total. The third kappa shape index (κ3) is 2.90. The average Bonchev–Trinajstić information content (AvgIpc) is 2.84. The molecule has 3 nitrogen and oxygen atoms in total. The molecule has 4 heteroatoms. The highest BCUT2D eigenvalue weighted by Gasteiger charge is 2.06. The third-order valence-electron chi connectivity index (χ3n) is 2.61. The van der Waals surface area contributed by atoms with E-state index in [9.17, 15) is 0 Å². The molecule has 1 heterocycles. The molecule has 0 aliphatic rings. The summed E-state index contributed by atoms with van der Waals surface area (Å²) in [5.41, 5.74) is 6.16. The normalized spacial score (nSPS) is 10.3. The Balaban J connectivity index is 2.08. The molecule has 0 amide bonds. The number of amidine groups is 1. The number of hydrogen-bond donors (Lipinski definition) is 2. The van der Waals surface area contributed by atoms with E-state index >= 15 is 0 Å². The van der Waals surface area contributed by atoms with Crippen molar-refractivity contribution in [1.82, 2.24) is 0 Å². The van der Waals surface area contributed by atoms with Gasteiger partial charge in [0.05, 0.1) is 5.56 Å². The van der Waals surface area contributed by atoms with Gasteiger partial charge in [-0.2, -0.15) is 0 Å². The number of benzene rings is 1. The van der Waals surface area contributed by atoms with Crippen LogP contribution in [0.5, 0.6) is 5.75 Å². The highest BCUT2D eigenvalue weighted by Crippen LogP contribution is 2.22. The first kappa shape index (κ1) is 12.6. The predicted octanol–water partition coefficient (Wildman–Crippen LogP) is 3.17. The van der Waals surface area contributed by atoms with Crippen molar-refractivity contribution in [2.24, 2.45) is 5.73 Å². The summed E-state index contributed by atoms with van der Waals surface area (Å²) in [5, 5.41) is 7.49. The van der Waals surface area contributed by atoms with Crippen LogP contribution >= 0.6 is 11.3 Å². The van der Waals surface area contributed by atoms with E-state index in [0.717, 1.165) is 6.42 Å². The summed E-state index contributed by atoms with van der Waals surface area (Å²) in [6.07, 6.45) is 1.05. The Labute approximate surface area is 111 Å². The molecule has 0 radical (unpaired) electrons. The summed E-state index contributed by atoms with van der Waals surface area (Å²) < 4.78 is 5.73. The van der Waals surface area contributed by atoms with E-state index in [1.165, 1.54) is 9.75 Å². The van der Waals surface area contributed by atoms with E-state index in [0.29, 0.717) is 17.9 Å². The van der Waals surface area contributed by atoms with Gasteiger partial charge in [0.25, 0.3) is 0 Å². The van der Waals surface area contributed by atoms with Crippen molar-refractivity contribution in [3.8, 4) is 5.75 Å². The molecular formula is C14H16N2OS. The fourth-order valence-electron chi connectivity index (χ4n) is 1.65. The van der Waals surface area contributed by atoms with E-state index in [2.05, 4.69) is 19.1 Å². The Morgan fingerprint density at radius 2 is 1.94 bits per heavy atom. The molecule has 0 saturated heterocycles. The fourth-order valence-corrected chi connectivity index (χ4v) is 2.52. The molecule has 0 saturated carbocycles. The number of nitrogens with one attached hydrogen (secondary N) is 1. The Hall–Kier alpha value is -1.81. The summed E-state index contributed by atoms with van der Waals surface area (Å²) in [6.45, 7) is 2.66. The van der Waals surface area contributed by atoms with Gasteiger partial charge in [-0.3, -0.25) is 5.41 Å². The second kappa shape index (κ2) is 5.69. The number of rotatable bonds is 5. The van der Waals surface area contributed by atoms with Gasteiger partial charge >= 0.3 is 0 Å². The maximum Gasteiger partial charge on any atom is 0.130 e. The van der Waals surface area contributed by atoms with E-state index < -0.39 is 0 Å². The van der Waals surface area contributed by atoms with Crippen molar-refractivity contribution in [2.75, 3.05) is 0 Å². The van der Waals surface area contributed by atoms with Crippen molar-refractivity contribution in [1.29, 1.82) is 5.41 Å². The minimum atomic E-state index is 0.0334. The second-order valence-electron chi connectivity index (χ2n) is 3.92. The van der Waals surface area contributed by atoms with Gasteiger partial charge in [0, 0.05) is 9.75 Å². The van der Waals surface area contributed by atoms with Crippen LogP contribution in [-0.4, -0.2) is 5.84 Å². The van der Waals surface area contributed by atoms with Gasteiger partial charge in [-0.1, -0.05) is 19.1 Å². The average molecular weight is 260 g/mol. The number of thiophene rings is 1. The molecule has 0 aliphatic heterocycles. The zero-order chi connectivity index (χ0) is 13.0. The van der Waals surface area contributed by atoms with Gasteiger partial charge in [0.15, 0.2) is 0 Å². The molecule has 1 aromatic heterocycles. The minimum absolute atomic E-state index is 0.0334. The Morgan fingerprint density at radius 3 is 2.61 bits per heavy atom. The molecule has 2 aromatic rings. The van der Waals surface area contributed by atoms with Crippen molar-refractivity contribution < 1.29 is 4.74 Å². The lowest BCUT2D eigenvalue weighted by Crippen LogP contribution is -2.12. The number of ether oxygens (including phenoxy) is 1.